The van der Waals surface area contributed by atoms with Crippen molar-refractivity contribution in [3.05, 3.63) is 11.9 Å². The van der Waals surface area contributed by atoms with Crippen LogP contribution in [-0.2, 0) is 4.74 Å². The fourth-order valence-corrected chi connectivity index (χ4v) is 2.75. The molecule has 0 unspecified atom stereocenters. The molecule has 1 aromatic heterocycles. The number of hydrazine groups is 1. The molecule has 1 aliphatic rings. The lowest BCUT2D eigenvalue weighted by molar-refractivity contribution is 0.0458. The zero-order valence-corrected chi connectivity index (χ0v) is 12.6. The van der Waals surface area contributed by atoms with Crippen LogP contribution in [0, 0.1) is 0 Å². The maximum Gasteiger partial charge on any atom is 0.148 e. The van der Waals surface area contributed by atoms with E-state index in [0.29, 0.717) is 12.0 Å². The highest BCUT2D eigenvalue weighted by Gasteiger charge is 2.24. The lowest BCUT2D eigenvalue weighted by Gasteiger charge is -2.34. The van der Waals surface area contributed by atoms with Crippen LogP contribution in [0.3, 0.4) is 0 Å². The van der Waals surface area contributed by atoms with Crippen molar-refractivity contribution >= 4 is 11.6 Å². The molecule has 0 aromatic carbocycles. The number of nitrogens with one attached hydrogen (secondary N) is 1. The largest absolute Gasteiger partial charge is 0.378 e. The zero-order chi connectivity index (χ0) is 14.5. The monoisotopic (exact) mass is 279 g/mol. The molecular formula is C14H25N5O. The van der Waals surface area contributed by atoms with Gasteiger partial charge in [0.05, 0.1) is 6.10 Å². The number of aromatic nitrogens is 2. The number of anilines is 2. The molecule has 1 aromatic rings. The summed E-state index contributed by atoms with van der Waals surface area (Å²) in [7, 11) is 0. The van der Waals surface area contributed by atoms with E-state index < -0.39 is 0 Å². The second-order valence-electron chi connectivity index (χ2n) is 5.40. The summed E-state index contributed by atoms with van der Waals surface area (Å²) < 4.78 is 5.70. The van der Waals surface area contributed by atoms with Gasteiger partial charge in [0.25, 0.3) is 0 Å². The van der Waals surface area contributed by atoms with Crippen LogP contribution < -0.4 is 16.2 Å². The molecule has 112 valence electrons. The quantitative estimate of drug-likeness (QED) is 0.633. The number of ether oxygens (including phenoxy) is 1. The van der Waals surface area contributed by atoms with Crippen LogP contribution in [0.1, 0.15) is 45.1 Å². The fourth-order valence-electron chi connectivity index (χ4n) is 2.75. The molecule has 0 bridgehead atoms. The van der Waals surface area contributed by atoms with Gasteiger partial charge in [0.1, 0.15) is 18.0 Å². The number of hydrogen-bond donors (Lipinski definition) is 2. The number of nitrogen functional groups attached to an aromatic ring is 1. The van der Waals surface area contributed by atoms with Crippen molar-refractivity contribution in [2.75, 3.05) is 30.0 Å². The molecule has 2 heterocycles. The van der Waals surface area contributed by atoms with Crippen LogP contribution in [0.4, 0.5) is 11.6 Å². The van der Waals surface area contributed by atoms with Crippen molar-refractivity contribution in [3.8, 4) is 0 Å². The van der Waals surface area contributed by atoms with Crippen molar-refractivity contribution in [2.45, 2.75) is 45.6 Å². The van der Waals surface area contributed by atoms with Gasteiger partial charge in [-0.25, -0.2) is 15.8 Å². The summed E-state index contributed by atoms with van der Waals surface area (Å²) in [6.45, 7) is 9.03. The Kier molecular flexibility index (Phi) is 5.14. The van der Waals surface area contributed by atoms with E-state index in [0.717, 1.165) is 49.7 Å². The molecule has 1 aliphatic heterocycles. The predicted molar refractivity (Wildman–Crippen MR) is 80.8 cm³/mol. The maximum absolute atomic E-state index is 5.70. The van der Waals surface area contributed by atoms with Gasteiger partial charge in [-0.1, -0.05) is 13.8 Å². The standard InChI is InChI=1S/C14H25N5O/c1-4-20-11-5-7-19(8-6-11)14-12(10(2)3)13(18-15)16-9-17-14/h9-11H,4-8,15H2,1-3H3,(H,16,17,18). The molecule has 2 rings (SSSR count). The van der Waals surface area contributed by atoms with E-state index in [1.54, 1.807) is 6.33 Å². The topological polar surface area (TPSA) is 76.3 Å². The SMILES string of the molecule is CCOC1CCN(c2ncnc(NN)c2C(C)C)CC1. The highest BCUT2D eigenvalue weighted by Crippen LogP contribution is 2.32. The van der Waals surface area contributed by atoms with Gasteiger partial charge < -0.3 is 15.1 Å². The van der Waals surface area contributed by atoms with Gasteiger partial charge in [-0.3, -0.25) is 0 Å². The molecule has 1 saturated heterocycles. The van der Waals surface area contributed by atoms with Crippen LogP contribution in [-0.4, -0.2) is 35.8 Å². The number of piperidine rings is 1. The van der Waals surface area contributed by atoms with Gasteiger partial charge in [0, 0.05) is 25.3 Å². The summed E-state index contributed by atoms with van der Waals surface area (Å²) >= 11 is 0. The maximum atomic E-state index is 5.70. The highest BCUT2D eigenvalue weighted by molar-refractivity contribution is 5.60. The van der Waals surface area contributed by atoms with Gasteiger partial charge in [-0.15, -0.1) is 0 Å². The smallest absolute Gasteiger partial charge is 0.148 e. The fraction of sp³-hybridized carbons (Fsp3) is 0.714. The van der Waals surface area contributed by atoms with E-state index in [1.807, 2.05) is 6.92 Å². The molecule has 0 saturated carbocycles. The van der Waals surface area contributed by atoms with E-state index in [-0.39, 0.29) is 0 Å². The average Bonchev–Trinajstić information content (AvgIpc) is 2.47. The second-order valence-corrected chi connectivity index (χ2v) is 5.40. The first-order valence-corrected chi connectivity index (χ1v) is 7.35. The molecule has 0 spiro atoms. The molecule has 3 N–H and O–H groups in total. The van der Waals surface area contributed by atoms with Gasteiger partial charge in [-0.05, 0) is 25.7 Å². The Morgan fingerprint density at radius 3 is 2.65 bits per heavy atom. The Labute approximate surface area is 120 Å². The minimum absolute atomic E-state index is 0.321. The summed E-state index contributed by atoms with van der Waals surface area (Å²) in [5, 5.41) is 0. The third-order valence-corrected chi connectivity index (χ3v) is 3.72. The molecule has 0 atom stereocenters. The first kappa shape index (κ1) is 15.0. The second kappa shape index (κ2) is 6.85. The Morgan fingerprint density at radius 2 is 2.10 bits per heavy atom. The van der Waals surface area contributed by atoms with E-state index in [9.17, 15) is 0 Å². The minimum Gasteiger partial charge on any atom is -0.378 e. The van der Waals surface area contributed by atoms with E-state index in [1.165, 1.54) is 0 Å². The molecule has 6 nitrogen and oxygen atoms in total. The zero-order valence-electron chi connectivity index (χ0n) is 12.6. The number of rotatable bonds is 5. The number of nitrogens with zero attached hydrogens (tertiary/aromatic N) is 3. The van der Waals surface area contributed by atoms with Crippen molar-refractivity contribution in [3.63, 3.8) is 0 Å². The van der Waals surface area contributed by atoms with Crippen molar-refractivity contribution in [1.82, 2.24) is 9.97 Å². The summed E-state index contributed by atoms with van der Waals surface area (Å²) in [5.41, 5.74) is 3.77. The Bertz CT molecular complexity index is 430. The molecule has 1 fully saturated rings. The summed E-state index contributed by atoms with van der Waals surface area (Å²) in [6.07, 6.45) is 4.04. The number of hydrogen-bond acceptors (Lipinski definition) is 6. The lowest BCUT2D eigenvalue weighted by Crippen LogP contribution is -2.38. The van der Waals surface area contributed by atoms with Crippen LogP contribution in [0.5, 0.6) is 0 Å². The van der Waals surface area contributed by atoms with Crippen molar-refractivity contribution in [2.24, 2.45) is 5.84 Å². The normalized spacial score (nSPS) is 16.8. The van der Waals surface area contributed by atoms with Crippen LogP contribution in [0.15, 0.2) is 6.33 Å². The van der Waals surface area contributed by atoms with Gasteiger partial charge >= 0.3 is 0 Å². The first-order chi connectivity index (χ1) is 9.67. The molecule has 6 heteroatoms. The summed E-state index contributed by atoms with van der Waals surface area (Å²) in [4.78, 5) is 11.0. The Balaban J connectivity index is 2.17. The molecule has 0 radical (unpaired) electrons. The number of nitrogens with two attached hydrogens (primary N) is 1. The summed E-state index contributed by atoms with van der Waals surface area (Å²) in [6, 6.07) is 0. The van der Waals surface area contributed by atoms with Crippen molar-refractivity contribution in [1.29, 1.82) is 0 Å². The lowest BCUT2D eigenvalue weighted by atomic mass is 10.0. The first-order valence-electron chi connectivity index (χ1n) is 7.35. The van der Waals surface area contributed by atoms with Gasteiger partial charge in [0.15, 0.2) is 0 Å². The van der Waals surface area contributed by atoms with E-state index >= 15 is 0 Å². The van der Waals surface area contributed by atoms with E-state index in [2.05, 4.69) is 34.1 Å². The Morgan fingerprint density at radius 1 is 1.40 bits per heavy atom. The van der Waals surface area contributed by atoms with Crippen LogP contribution in [0.2, 0.25) is 0 Å². The molecule has 20 heavy (non-hydrogen) atoms. The predicted octanol–water partition coefficient (Wildman–Crippen LogP) is 1.89. The van der Waals surface area contributed by atoms with Gasteiger partial charge in [-0.2, -0.15) is 0 Å². The third-order valence-electron chi connectivity index (χ3n) is 3.72. The minimum atomic E-state index is 0.321. The van der Waals surface area contributed by atoms with Crippen LogP contribution >= 0.6 is 0 Å². The average molecular weight is 279 g/mol. The van der Waals surface area contributed by atoms with Crippen LogP contribution in [0.25, 0.3) is 0 Å². The molecule has 0 amide bonds. The highest BCUT2D eigenvalue weighted by atomic mass is 16.5. The van der Waals surface area contributed by atoms with Gasteiger partial charge in [0.2, 0.25) is 0 Å². The third kappa shape index (κ3) is 3.19. The van der Waals surface area contributed by atoms with E-state index in [4.69, 9.17) is 10.6 Å². The van der Waals surface area contributed by atoms with Crippen molar-refractivity contribution < 1.29 is 4.74 Å². The Hall–Kier alpha value is -1.40. The molecule has 0 aliphatic carbocycles. The summed E-state index contributed by atoms with van der Waals surface area (Å²) in [5.74, 6) is 7.61. The molecular weight excluding hydrogens is 254 g/mol.